The Morgan fingerprint density at radius 2 is 1.28 bits per heavy atom. The van der Waals surface area contributed by atoms with Crippen LogP contribution in [0.3, 0.4) is 0 Å². The van der Waals surface area contributed by atoms with Gasteiger partial charge in [-0.25, -0.2) is 0 Å². The quantitative estimate of drug-likeness (QED) is 0.684. The highest BCUT2D eigenvalue weighted by atomic mass is 16.5. The maximum Gasteiger partial charge on any atom is 0.321 e. The number of hydrogen-bond acceptors (Lipinski definition) is 4. The minimum Gasteiger partial charge on any atom is -0.466 e. The molecule has 0 saturated heterocycles. The summed E-state index contributed by atoms with van der Waals surface area (Å²) in [5.41, 5.74) is 0.582. The van der Waals surface area contributed by atoms with E-state index in [2.05, 4.69) is 0 Å². The van der Waals surface area contributed by atoms with Crippen molar-refractivity contribution in [1.82, 2.24) is 0 Å². The average Bonchev–Trinajstić information content (AvgIpc) is 2.64. The minimum absolute atomic E-state index is 0.135. The smallest absolute Gasteiger partial charge is 0.321 e. The molecular formula is C21H24O4. The molecule has 0 bridgehead atoms. The molecule has 0 N–H and O–H groups in total. The van der Waals surface area contributed by atoms with E-state index in [0.717, 1.165) is 11.1 Å². The van der Waals surface area contributed by atoms with Gasteiger partial charge in [-0.2, -0.15) is 0 Å². The second-order valence-electron chi connectivity index (χ2n) is 5.66. The summed E-state index contributed by atoms with van der Waals surface area (Å²) >= 11 is 0. The van der Waals surface area contributed by atoms with Gasteiger partial charge in [0.15, 0.2) is 0 Å². The number of hydrogen-bond donors (Lipinski definition) is 0. The lowest BCUT2D eigenvalue weighted by Gasteiger charge is -2.32. The summed E-state index contributed by atoms with van der Waals surface area (Å²) < 4.78 is 10.5. The first-order chi connectivity index (χ1) is 12.1. The maximum atomic E-state index is 13.1. The average molecular weight is 340 g/mol. The lowest BCUT2D eigenvalue weighted by Crippen LogP contribution is -2.39. The SMILES string of the molecule is CCOC(=O)CCC(C(=O)OCC)(c1ccccc1)c1ccccc1. The van der Waals surface area contributed by atoms with Gasteiger partial charge in [-0.1, -0.05) is 60.7 Å². The molecular weight excluding hydrogens is 316 g/mol. The van der Waals surface area contributed by atoms with Crippen molar-refractivity contribution < 1.29 is 19.1 Å². The molecule has 2 rings (SSSR count). The summed E-state index contributed by atoms with van der Waals surface area (Å²) in [6, 6.07) is 18.9. The zero-order chi connectivity index (χ0) is 18.1. The molecule has 0 saturated carbocycles. The van der Waals surface area contributed by atoms with Crippen molar-refractivity contribution in [2.75, 3.05) is 13.2 Å². The number of rotatable bonds is 8. The van der Waals surface area contributed by atoms with E-state index in [1.54, 1.807) is 13.8 Å². The Labute approximate surface area is 148 Å². The molecule has 2 aromatic carbocycles. The van der Waals surface area contributed by atoms with E-state index < -0.39 is 5.41 Å². The third-order valence-corrected chi connectivity index (χ3v) is 4.17. The van der Waals surface area contributed by atoms with Crippen LogP contribution in [-0.2, 0) is 24.5 Å². The number of benzene rings is 2. The molecule has 0 fully saturated rings. The first kappa shape index (κ1) is 18.7. The van der Waals surface area contributed by atoms with Gasteiger partial charge in [0.05, 0.1) is 13.2 Å². The largest absolute Gasteiger partial charge is 0.466 e. The van der Waals surface area contributed by atoms with E-state index in [1.807, 2.05) is 60.7 Å². The highest BCUT2D eigenvalue weighted by Gasteiger charge is 2.43. The first-order valence-electron chi connectivity index (χ1n) is 8.59. The van der Waals surface area contributed by atoms with E-state index >= 15 is 0 Å². The van der Waals surface area contributed by atoms with Crippen LogP contribution in [0.15, 0.2) is 60.7 Å². The van der Waals surface area contributed by atoms with Crippen LogP contribution in [0.2, 0.25) is 0 Å². The van der Waals surface area contributed by atoms with Crippen molar-refractivity contribution >= 4 is 11.9 Å². The third-order valence-electron chi connectivity index (χ3n) is 4.17. The lowest BCUT2D eigenvalue weighted by molar-refractivity contribution is -0.149. The van der Waals surface area contributed by atoms with Crippen molar-refractivity contribution in [2.24, 2.45) is 0 Å². The van der Waals surface area contributed by atoms with Crippen molar-refractivity contribution in [2.45, 2.75) is 32.1 Å². The topological polar surface area (TPSA) is 52.6 Å². The zero-order valence-electron chi connectivity index (χ0n) is 14.7. The predicted molar refractivity (Wildman–Crippen MR) is 96.2 cm³/mol. The maximum absolute atomic E-state index is 13.1. The Bertz CT molecular complexity index is 640. The van der Waals surface area contributed by atoms with Crippen LogP contribution in [0.4, 0.5) is 0 Å². The zero-order valence-corrected chi connectivity index (χ0v) is 14.7. The van der Waals surface area contributed by atoms with Gasteiger partial charge in [0.1, 0.15) is 5.41 Å². The van der Waals surface area contributed by atoms with E-state index in [9.17, 15) is 9.59 Å². The lowest BCUT2D eigenvalue weighted by atomic mass is 9.71. The third kappa shape index (κ3) is 4.27. The van der Waals surface area contributed by atoms with Crippen LogP contribution in [0, 0.1) is 0 Å². The highest BCUT2D eigenvalue weighted by molar-refractivity contribution is 5.88. The van der Waals surface area contributed by atoms with E-state index in [-0.39, 0.29) is 25.0 Å². The van der Waals surface area contributed by atoms with Crippen molar-refractivity contribution in [1.29, 1.82) is 0 Å². The fraction of sp³-hybridized carbons (Fsp3) is 0.333. The molecule has 0 spiro atoms. The van der Waals surface area contributed by atoms with Crippen LogP contribution < -0.4 is 0 Å². The Morgan fingerprint density at radius 3 is 1.72 bits per heavy atom. The van der Waals surface area contributed by atoms with Gasteiger partial charge in [0, 0.05) is 6.42 Å². The summed E-state index contributed by atoms with van der Waals surface area (Å²) in [6.07, 6.45) is 0.426. The Hall–Kier alpha value is -2.62. The van der Waals surface area contributed by atoms with Gasteiger partial charge in [0.25, 0.3) is 0 Å². The Morgan fingerprint density at radius 1 is 0.800 bits per heavy atom. The molecule has 25 heavy (non-hydrogen) atoms. The van der Waals surface area contributed by atoms with Crippen molar-refractivity contribution in [3.05, 3.63) is 71.8 Å². The second kappa shape index (κ2) is 9.02. The van der Waals surface area contributed by atoms with Crippen LogP contribution in [0.25, 0.3) is 0 Å². The molecule has 0 radical (unpaired) electrons. The monoisotopic (exact) mass is 340 g/mol. The highest BCUT2D eigenvalue weighted by Crippen LogP contribution is 2.38. The molecule has 0 unspecified atom stereocenters. The van der Waals surface area contributed by atoms with E-state index in [0.29, 0.717) is 13.0 Å². The number of carbonyl (C=O) groups excluding carboxylic acids is 2. The Balaban J connectivity index is 2.53. The molecule has 0 aliphatic carbocycles. The second-order valence-corrected chi connectivity index (χ2v) is 5.66. The fourth-order valence-electron chi connectivity index (χ4n) is 3.02. The van der Waals surface area contributed by atoms with Crippen LogP contribution in [0.1, 0.15) is 37.8 Å². The van der Waals surface area contributed by atoms with E-state index in [1.165, 1.54) is 0 Å². The predicted octanol–water partition coefficient (Wildman–Crippen LogP) is 3.88. The summed E-state index contributed by atoms with van der Waals surface area (Å²) in [4.78, 5) is 25.0. The number of ether oxygens (including phenoxy) is 2. The summed E-state index contributed by atoms with van der Waals surface area (Å²) in [5.74, 6) is -0.667. The molecule has 0 atom stereocenters. The molecule has 0 aromatic heterocycles. The van der Waals surface area contributed by atoms with Crippen LogP contribution in [-0.4, -0.2) is 25.2 Å². The minimum atomic E-state index is -1.04. The standard InChI is InChI=1S/C21H24O4/c1-3-24-19(22)15-16-21(20(23)25-4-2,17-11-7-5-8-12-17)18-13-9-6-10-14-18/h5-14H,3-4,15-16H2,1-2H3. The molecule has 0 aliphatic rings. The summed E-state index contributed by atoms with van der Waals surface area (Å²) in [7, 11) is 0. The van der Waals surface area contributed by atoms with Gasteiger partial charge in [0.2, 0.25) is 0 Å². The van der Waals surface area contributed by atoms with Gasteiger partial charge in [-0.3, -0.25) is 9.59 Å². The summed E-state index contributed by atoms with van der Waals surface area (Å²) in [5, 5.41) is 0. The first-order valence-corrected chi connectivity index (χ1v) is 8.59. The molecule has 2 aromatic rings. The molecule has 0 heterocycles. The Kier molecular flexibility index (Phi) is 6.75. The molecule has 132 valence electrons. The van der Waals surface area contributed by atoms with Gasteiger partial charge in [-0.15, -0.1) is 0 Å². The number of esters is 2. The van der Waals surface area contributed by atoms with Crippen LogP contribution >= 0.6 is 0 Å². The van der Waals surface area contributed by atoms with Gasteiger partial charge < -0.3 is 9.47 Å². The fourth-order valence-corrected chi connectivity index (χ4v) is 3.02. The van der Waals surface area contributed by atoms with E-state index in [4.69, 9.17) is 9.47 Å². The molecule has 0 amide bonds. The van der Waals surface area contributed by atoms with Gasteiger partial charge >= 0.3 is 11.9 Å². The molecule has 0 aliphatic heterocycles. The molecule has 4 nitrogen and oxygen atoms in total. The molecule has 4 heteroatoms. The van der Waals surface area contributed by atoms with Gasteiger partial charge in [-0.05, 0) is 31.4 Å². The summed E-state index contributed by atoms with van der Waals surface area (Å²) in [6.45, 7) is 4.15. The van der Waals surface area contributed by atoms with Crippen LogP contribution in [0.5, 0.6) is 0 Å². The number of carbonyl (C=O) groups is 2. The van der Waals surface area contributed by atoms with Crippen molar-refractivity contribution in [3.63, 3.8) is 0 Å². The normalized spacial score (nSPS) is 11.0. The van der Waals surface area contributed by atoms with Crippen molar-refractivity contribution in [3.8, 4) is 0 Å².